The lowest BCUT2D eigenvalue weighted by atomic mass is 10.1. The Morgan fingerprint density at radius 3 is 3.05 bits per heavy atom. The van der Waals surface area contributed by atoms with Crippen molar-refractivity contribution in [2.24, 2.45) is 0 Å². The van der Waals surface area contributed by atoms with E-state index in [1.165, 1.54) is 11.3 Å². The van der Waals surface area contributed by atoms with Crippen molar-refractivity contribution in [3.8, 4) is 10.6 Å². The van der Waals surface area contributed by atoms with Crippen LogP contribution in [0.5, 0.6) is 0 Å². The summed E-state index contributed by atoms with van der Waals surface area (Å²) in [4.78, 5) is 15.0. The first-order valence-electron chi connectivity index (χ1n) is 5.93. The number of benzene rings is 1. The first-order chi connectivity index (χ1) is 9.19. The zero-order chi connectivity index (χ0) is 13.7. The minimum Gasteiger partial charge on any atom is -0.481 e. The molecule has 1 aromatic heterocycles. The van der Waals surface area contributed by atoms with Crippen LogP contribution in [0.1, 0.15) is 17.7 Å². The molecule has 0 unspecified atom stereocenters. The van der Waals surface area contributed by atoms with Crippen LogP contribution in [0, 0.1) is 0 Å². The van der Waals surface area contributed by atoms with Gasteiger partial charge in [0, 0.05) is 24.5 Å². The maximum Gasteiger partial charge on any atom is 0.303 e. The van der Waals surface area contributed by atoms with Gasteiger partial charge >= 0.3 is 5.97 Å². The Labute approximate surface area is 115 Å². The van der Waals surface area contributed by atoms with Gasteiger partial charge in [0.25, 0.3) is 0 Å². The molecule has 0 radical (unpaired) electrons. The number of methoxy groups -OCH3 is 1. The van der Waals surface area contributed by atoms with Crippen molar-refractivity contribution in [2.45, 2.75) is 19.4 Å². The highest BCUT2D eigenvalue weighted by molar-refractivity contribution is 7.13. The van der Waals surface area contributed by atoms with Crippen LogP contribution in [-0.4, -0.2) is 23.2 Å². The molecule has 0 spiro atoms. The van der Waals surface area contributed by atoms with E-state index in [2.05, 4.69) is 4.98 Å². The van der Waals surface area contributed by atoms with Crippen molar-refractivity contribution in [1.82, 2.24) is 4.98 Å². The summed E-state index contributed by atoms with van der Waals surface area (Å²) in [5, 5.41) is 11.5. The lowest BCUT2D eigenvalue weighted by Crippen LogP contribution is -1.97. The van der Waals surface area contributed by atoms with Crippen molar-refractivity contribution in [3.05, 3.63) is 40.9 Å². The molecule has 2 rings (SSSR count). The van der Waals surface area contributed by atoms with Gasteiger partial charge in [0.1, 0.15) is 5.01 Å². The summed E-state index contributed by atoms with van der Waals surface area (Å²) in [6.07, 6.45) is 0.594. The molecule has 0 amide bonds. The third kappa shape index (κ3) is 3.87. The van der Waals surface area contributed by atoms with Crippen molar-refractivity contribution < 1.29 is 14.6 Å². The fourth-order valence-electron chi connectivity index (χ4n) is 1.75. The molecule has 0 bridgehead atoms. The summed E-state index contributed by atoms with van der Waals surface area (Å²) in [6, 6.07) is 8.02. The van der Waals surface area contributed by atoms with Crippen molar-refractivity contribution >= 4 is 17.3 Å². The topological polar surface area (TPSA) is 59.4 Å². The Hall–Kier alpha value is -1.72. The second-order valence-electron chi connectivity index (χ2n) is 4.17. The number of thiazole rings is 1. The van der Waals surface area contributed by atoms with Gasteiger partial charge in [-0.25, -0.2) is 4.98 Å². The number of carboxylic acid groups (broad SMARTS) is 1. The van der Waals surface area contributed by atoms with E-state index in [0.717, 1.165) is 21.8 Å². The molecule has 5 heteroatoms. The molecular formula is C14H15NO3S. The predicted octanol–water partition coefficient (Wildman–Crippen LogP) is 2.97. The predicted molar refractivity (Wildman–Crippen MR) is 74.2 cm³/mol. The highest BCUT2D eigenvalue weighted by atomic mass is 32.1. The van der Waals surface area contributed by atoms with Crippen molar-refractivity contribution in [1.29, 1.82) is 0 Å². The smallest absolute Gasteiger partial charge is 0.303 e. The molecule has 4 nitrogen and oxygen atoms in total. The molecule has 0 aliphatic heterocycles. The second-order valence-corrected chi connectivity index (χ2v) is 5.03. The number of hydrogen-bond acceptors (Lipinski definition) is 4. The van der Waals surface area contributed by atoms with Crippen LogP contribution >= 0.6 is 11.3 Å². The Morgan fingerprint density at radius 2 is 2.32 bits per heavy atom. The third-order valence-electron chi connectivity index (χ3n) is 2.63. The molecule has 1 heterocycles. The maximum atomic E-state index is 10.5. The zero-order valence-corrected chi connectivity index (χ0v) is 11.4. The minimum atomic E-state index is -0.795. The Balaban J connectivity index is 2.13. The van der Waals surface area contributed by atoms with Crippen LogP contribution in [0.4, 0.5) is 0 Å². The molecule has 0 aliphatic carbocycles. The number of aromatic nitrogens is 1. The highest BCUT2D eigenvalue weighted by Gasteiger charge is 2.07. The van der Waals surface area contributed by atoms with Gasteiger partial charge in [-0.1, -0.05) is 18.2 Å². The fraction of sp³-hybridized carbons (Fsp3) is 0.286. The van der Waals surface area contributed by atoms with Gasteiger partial charge in [-0.3, -0.25) is 4.79 Å². The molecule has 100 valence electrons. The molecule has 1 N–H and O–H groups in total. The van der Waals surface area contributed by atoms with E-state index < -0.39 is 5.97 Å². The third-order valence-corrected chi connectivity index (χ3v) is 3.57. The summed E-state index contributed by atoms with van der Waals surface area (Å²) in [7, 11) is 1.67. The van der Waals surface area contributed by atoms with E-state index in [-0.39, 0.29) is 6.42 Å². The monoisotopic (exact) mass is 277 g/mol. The summed E-state index contributed by atoms with van der Waals surface area (Å²) >= 11 is 1.54. The Kier molecular flexibility index (Phi) is 4.65. The summed E-state index contributed by atoms with van der Waals surface area (Å²) in [5.74, 6) is -0.795. The van der Waals surface area contributed by atoms with E-state index in [9.17, 15) is 4.79 Å². The van der Waals surface area contributed by atoms with Crippen LogP contribution in [0.25, 0.3) is 10.6 Å². The SMILES string of the molecule is COCc1cccc(-c2nc(CCC(=O)O)cs2)c1. The molecule has 0 fully saturated rings. The number of nitrogens with zero attached hydrogens (tertiary/aromatic N) is 1. The maximum absolute atomic E-state index is 10.5. The van der Waals surface area contributed by atoms with Gasteiger partial charge in [-0.2, -0.15) is 0 Å². The molecule has 1 aromatic carbocycles. The summed E-state index contributed by atoms with van der Waals surface area (Å²) < 4.78 is 5.11. The number of rotatable bonds is 6. The lowest BCUT2D eigenvalue weighted by Gasteiger charge is -2.01. The molecule has 0 saturated carbocycles. The number of hydrogen-bond donors (Lipinski definition) is 1. The Morgan fingerprint density at radius 1 is 1.47 bits per heavy atom. The quantitative estimate of drug-likeness (QED) is 0.882. The van der Waals surface area contributed by atoms with Gasteiger partial charge in [-0.15, -0.1) is 11.3 Å². The normalized spacial score (nSPS) is 10.6. The average molecular weight is 277 g/mol. The Bertz CT molecular complexity index is 565. The largest absolute Gasteiger partial charge is 0.481 e. The van der Waals surface area contributed by atoms with Crippen LogP contribution < -0.4 is 0 Å². The fourth-order valence-corrected chi connectivity index (χ4v) is 2.60. The van der Waals surface area contributed by atoms with Gasteiger partial charge in [0.15, 0.2) is 0 Å². The van der Waals surface area contributed by atoms with Crippen molar-refractivity contribution in [3.63, 3.8) is 0 Å². The molecule has 0 saturated heterocycles. The van der Waals surface area contributed by atoms with Crippen LogP contribution in [0.15, 0.2) is 29.6 Å². The number of aryl methyl sites for hydroxylation is 1. The summed E-state index contributed by atoms with van der Waals surface area (Å²) in [5.41, 5.74) is 2.97. The lowest BCUT2D eigenvalue weighted by molar-refractivity contribution is -0.136. The standard InChI is InChI=1S/C14H15NO3S/c1-18-8-10-3-2-4-11(7-10)14-15-12(9-19-14)5-6-13(16)17/h2-4,7,9H,5-6,8H2,1H3,(H,16,17). The average Bonchev–Trinajstić information content (AvgIpc) is 2.86. The zero-order valence-electron chi connectivity index (χ0n) is 10.6. The first kappa shape index (κ1) is 13.7. The van der Waals surface area contributed by atoms with Gasteiger partial charge in [0.05, 0.1) is 18.7 Å². The molecule has 2 aromatic rings. The molecule has 0 atom stereocenters. The number of aliphatic carboxylic acids is 1. The van der Waals surface area contributed by atoms with E-state index in [1.54, 1.807) is 7.11 Å². The van der Waals surface area contributed by atoms with E-state index >= 15 is 0 Å². The second kappa shape index (κ2) is 6.45. The number of ether oxygens (including phenoxy) is 1. The van der Waals surface area contributed by atoms with Gasteiger partial charge in [-0.05, 0) is 11.6 Å². The molecule has 0 aliphatic rings. The van der Waals surface area contributed by atoms with Gasteiger partial charge in [0.2, 0.25) is 0 Å². The minimum absolute atomic E-state index is 0.118. The van der Waals surface area contributed by atoms with E-state index in [1.807, 2.05) is 29.6 Å². The number of carboxylic acids is 1. The summed E-state index contributed by atoms with van der Waals surface area (Å²) in [6.45, 7) is 0.574. The van der Waals surface area contributed by atoms with Crippen LogP contribution in [0.2, 0.25) is 0 Å². The van der Waals surface area contributed by atoms with Crippen molar-refractivity contribution in [2.75, 3.05) is 7.11 Å². The van der Waals surface area contributed by atoms with E-state index in [0.29, 0.717) is 13.0 Å². The number of carbonyl (C=O) groups is 1. The van der Waals surface area contributed by atoms with Crippen LogP contribution in [-0.2, 0) is 22.6 Å². The highest BCUT2D eigenvalue weighted by Crippen LogP contribution is 2.25. The molecule has 19 heavy (non-hydrogen) atoms. The molecular weight excluding hydrogens is 262 g/mol. The van der Waals surface area contributed by atoms with Gasteiger partial charge < -0.3 is 9.84 Å². The van der Waals surface area contributed by atoms with Crippen LogP contribution in [0.3, 0.4) is 0 Å². The first-order valence-corrected chi connectivity index (χ1v) is 6.81. The van der Waals surface area contributed by atoms with E-state index in [4.69, 9.17) is 9.84 Å².